The van der Waals surface area contributed by atoms with Crippen LogP contribution in [0.2, 0.25) is 0 Å². The highest BCUT2D eigenvalue weighted by molar-refractivity contribution is 6.06. The van der Waals surface area contributed by atoms with Gasteiger partial charge < -0.3 is 10.1 Å². The average molecular weight is 389 g/mol. The Morgan fingerprint density at radius 1 is 1.03 bits per heavy atom. The Morgan fingerprint density at radius 3 is 2.55 bits per heavy atom. The minimum absolute atomic E-state index is 0.113. The van der Waals surface area contributed by atoms with Gasteiger partial charge in [-0.2, -0.15) is 4.68 Å². The number of carbonyl (C=O) groups is 1. The minimum Gasteiger partial charge on any atom is -0.489 e. The zero-order valence-corrected chi connectivity index (χ0v) is 15.2. The van der Waals surface area contributed by atoms with Gasteiger partial charge in [0.2, 0.25) is 0 Å². The average Bonchev–Trinajstić information content (AvgIpc) is 3.28. The zero-order valence-electron chi connectivity index (χ0n) is 15.2. The van der Waals surface area contributed by atoms with E-state index in [9.17, 15) is 9.18 Å². The van der Waals surface area contributed by atoms with E-state index >= 15 is 0 Å². The lowest BCUT2D eigenvalue weighted by atomic mass is 10.1. The molecule has 0 bridgehead atoms. The highest BCUT2D eigenvalue weighted by atomic mass is 19.1. The van der Waals surface area contributed by atoms with Crippen molar-refractivity contribution in [2.45, 2.75) is 6.61 Å². The molecule has 29 heavy (non-hydrogen) atoms. The van der Waals surface area contributed by atoms with Gasteiger partial charge in [0.05, 0.1) is 11.3 Å². The van der Waals surface area contributed by atoms with Crippen molar-refractivity contribution >= 4 is 11.6 Å². The summed E-state index contributed by atoms with van der Waals surface area (Å²) >= 11 is 0. The van der Waals surface area contributed by atoms with Gasteiger partial charge in [-0.05, 0) is 58.5 Å². The summed E-state index contributed by atoms with van der Waals surface area (Å²) in [5.41, 5.74) is 2.10. The van der Waals surface area contributed by atoms with Crippen LogP contribution in [0.5, 0.6) is 5.75 Å². The Balaban J connectivity index is 1.46. The molecule has 1 heterocycles. The molecule has 0 radical (unpaired) electrons. The molecule has 7 nitrogen and oxygen atoms in total. The van der Waals surface area contributed by atoms with E-state index in [1.165, 1.54) is 23.1 Å². The van der Waals surface area contributed by atoms with Crippen molar-refractivity contribution in [3.63, 3.8) is 0 Å². The fraction of sp³-hybridized carbons (Fsp3) is 0.0476. The Hall–Kier alpha value is -4.07. The third-order valence-corrected chi connectivity index (χ3v) is 4.16. The van der Waals surface area contributed by atoms with Gasteiger partial charge in [-0.3, -0.25) is 4.79 Å². The maximum Gasteiger partial charge on any atom is 0.257 e. The predicted molar refractivity (Wildman–Crippen MR) is 104 cm³/mol. The van der Waals surface area contributed by atoms with Crippen molar-refractivity contribution in [3.05, 3.63) is 96.1 Å². The Bertz CT molecular complexity index is 1100. The lowest BCUT2D eigenvalue weighted by Gasteiger charge is -2.11. The molecule has 0 saturated carbocycles. The molecule has 0 saturated heterocycles. The number of halogens is 1. The van der Waals surface area contributed by atoms with Gasteiger partial charge in [0.15, 0.2) is 0 Å². The van der Waals surface area contributed by atoms with Crippen molar-refractivity contribution in [2.24, 2.45) is 0 Å². The van der Waals surface area contributed by atoms with Crippen molar-refractivity contribution in [2.75, 3.05) is 5.32 Å². The maximum absolute atomic E-state index is 13.7. The fourth-order valence-electron chi connectivity index (χ4n) is 2.74. The molecule has 0 fully saturated rings. The first-order valence-corrected chi connectivity index (χ1v) is 8.80. The predicted octanol–water partition coefficient (Wildman–Crippen LogP) is 3.63. The van der Waals surface area contributed by atoms with Crippen molar-refractivity contribution in [1.82, 2.24) is 20.2 Å². The number of hydrogen-bond acceptors (Lipinski definition) is 5. The van der Waals surface area contributed by atoms with Gasteiger partial charge in [0.25, 0.3) is 5.91 Å². The Kier molecular flexibility index (Phi) is 5.24. The van der Waals surface area contributed by atoms with Crippen LogP contribution in [0.4, 0.5) is 10.1 Å². The topological polar surface area (TPSA) is 81.9 Å². The third-order valence-electron chi connectivity index (χ3n) is 4.16. The number of nitrogens with zero attached hydrogens (tertiary/aromatic N) is 4. The number of anilines is 1. The molecule has 1 aromatic heterocycles. The highest BCUT2D eigenvalue weighted by Gasteiger charge is 2.15. The van der Waals surface area contributed by atoms with Crippen LogP contribution in [0.15, 0.2) is 79.1 Å². The quantitative estimate of drug-likeness (QED) is 0.545. The number of carbonyl (C=O) groups excluding carboxylic acids is 1. The standard InChI is InChI=1S/C21H16FN5O2/c22-16-6-11-20(27-14-23-25-26-27)19(12-16)21(28)24-17-7-9-18(10-8-17)29-13-15-4-2-1-3-5-15/h1-12,14H,13H2,(H,24,28). The molecule has 0 aliphatic heterocycles. The highest BCUT2D eigenvalue weighted by Crippen LogP contribution is 2.20. The van der Waals surface area contributed by atoms with Crippen LogP contribution in [-0.2, 0) is 6.61 Å². The number of amides is 1. The summed E-state index contributed by atoms with van der Waals surface area (Å²) in [4.78, 5) is 12.7. The van der Waals surface area contributed by atoms with Gasteiger partial charge in [-0.15, -0.1) is 5.10 Å². The second-order valence-electron chi connectivity index (χ2n) is 6.17. The maximum atomic E-state index is 13.7. The smallest absolute Gasteiger partial charge is 0.257 e. The molecule has 8 heteroatoms. The van der Waals surface area contributed by atoms with Crippen LogP contribution in [-0.4, -0.2) is 26.1 Å². The van der Waals surface area contributed by atoms with Crippen LogP contribution < -0.4 is 10.1 Å². The Morgan fingerprint density at radius 2 is 1.83 bits per heavy atom. The molecule has 1 N–H and O–H groups in total. The lowest BCUT2D eigenvalue weighted by Crippen LogP contribution is -2.15. The number of rotatable bonds is 6. The van der Waals surface area contributed by atoms with Crippen molar-refractivity contribution in [3.8, 4) is 11.4 Å². The van der Waals surface area contributed by atoms with Crippen molar-refractivity contribution in [1.29, 1.82) is 0 Å². The van der Waals surface area contributed by atoms with Crippen LogP contribution in [0.1, 0.15) is 15.9 Å². The largest absolute Gasteiger partial charge is 0.489 e. The molecule has 0 unspecified atom stereocenters. The number of hydrogen-bond donors (Lipinski definition) is 1. The number of aromatic nitrogens is 4. The van der Waals surface area contributed by atoms with Gasteiger partial charge in [-0.1, -0.05) is 30.3 Å². The molecular weight excluding hydrogens is 373 g/mol. The molecule has 3 aromatic carbocycles. The first kappa shape index (κ1) is 18.3. The van der Waals surface area contributed by atoms with Gasteiger partial charge >= 0.3 is 0 Å². The van der Waals surface area contributed by atoms with Crippen LogP contribution >= 0.6 is 0 Å². The first-order valence-electron chi connectivity index (χ1n) is 8.80. The number of nitrogens with one attached hydrogen (secondary N) is 1. The Labute approximate surface area is 165 Å². The number of benzene rings is 3. The van der Waals surface area contributed by atoms with E-state index in [0.29, 0.717) is 23.7 Å². The summed E-state index contributed by atoms with van der Waals surface area (Å²) < 4.78 is 20.7. The van der Waals surface area contributed by atoms with E-state index in [0.717, 1.165) is 11.6 Å². The molecule has 0 spiro atoms. The van der Waals surface area contributed by atoms with Crippen LogP contribution in [0, 0.1) is 5.82 Å². The fourth-order valence-corrected chi connectivity index (χ4v) is 2.74. The summed E-state index contributed by atoms with van der Waals surface area (Å²) in [6.07, 6.45) is 1.34. The molecular formula is C21H16FN5O2. The van der Waals surface area contributed by atoms with E-state index in [1.54, 1.807) is 24.3 Å². The molecule has 0 aliphatic rings. The number of ether oxygens (including phenoxy) is 1. The SMILES string of the molecule is O=C(Nc1ccc(OCc2ccccc2)cc1)c1cc(F)ccc1-n1cnnn1. The van der Waals surface area contributed by atoms with Gasteiger partial charge in [0, 0.05) is 5.69 Å². The monoisotopic (exact) mass is 389 g/mol. The normalized spacial score (nSPS) is 10.5. The second kappa shape index (κ2) is 8.30. The molecule has 4 aromatic rings. The molecule has 4 rings (SSSR count). The third kappa shape index (κ3) is 4.44. The second-order valence-corrected chi connectivity index (χ2v) is 6.17. The van der Waals surface area contributed by atoms with Crippen LogP contribution in [0.3, 0.4) is 0 Å². The minimum atomic E-state index is -0.531. The summed E-state index contributed by atoms with van der Waals surface area (Å²) in [5.74, 6) is -0.337. The van der Waals surface area contributed by atoms with E-state index in [-0.39, 0.29) is 5.56 Å². The molecule has 144 valence electrons. The van der Waals surface area contributed by atoms with E-state index < -0.39 is 11.7 Å². The van der Waals surface area contributed by atoms with E-state index in [2.05, 4.69) is 20.8 Å². The van der Waals surface area contributed by atoms with Crippen LogP contribution in [0.25, 0.3) is 5.69 Å². The number of tetrazole rings is 1. The van der Waals surface area contributed by atoms with Gasteiger partial charge in [-0.25, -0.2) is 4.39 Å². The van der Waals surface area contributed by atoms with E-state index in [1.807, 2.05) is 30.3 Å². The van der Waals surface area contributed by atoms with Gasteiger partial charge in [0.1, 0.15) is 24.5 Å². The molecule has 1 amide bonds. The summed E-state index contributed by atoms with van der Waals surface area (Å²) in [5, 5.41) is 13.6. The first-order chi connectivity index (χ1) is 14.2. The van der Waals surface area contributed by atoms with E-state index in [4.69, 9.17) is 4.74 Å². The summed E-state index contributed by atoms with van der Waals surface area (Å²) in [6, 6.07) is 20.6. The zero-order chi connectivity index (χ0) is 20.1. The lowest BCUT2D eigenvalue weighted by molar-refractivity contribution is 0.102. The summed E-state index contributed by atoms with van der Waals surface area (Å²) in [6.45, 7) is 0.450. The van der Waals surface area contributed by atoms with Crippen molar-refractivity contribution < 1.29 is 13.9 Å². The molecule has 0 atom stereocenters. The molecule has 0 aliphatic carbocycles. The summed E-state index contributed by atoms with van der Waals surface area (Å²) in [7, 11) is 0.